The number of carbonyl (C=O) groups is 1. The third kappa shape index (κ3) is 4.30. The van der Waals surface area contributed by atoms with Crippen LogP contribution in [-0.4, -0.2) is 30.8 Å². The molecule has 0 aliphatic heterocycles. The molecule has 2 aromatic carbocycles. The van der Waals surface area contributed by atoms with Gasteiger partial charge < -0.3 is 4.42 Å². The number of benzene rings is 2. The number of hydrogen-bond donors (Lipinski definition) is 1. The van der Waals surface area contributed by atoms with Gasteiger partial charge in [0.15, 0.2) is 9.84 Å². The molecular weight excluding hydrogens is 374 g/mol. The number of thioether (sulfide) groups is 1. The molecule has 26 heavy (non-hydrogen) atoms. The van der Waals surface area contributed by atoms with E-state index in [2.05, 4.69) is 15.5 Å². The maximum absolute atomic E-state index is 12.3. The molecule has 0 aliphatic rings. The molecule has 0 atom stereocenters. The maximum atomic E-state index is 12.3. The van der Waals surface area contributed by atoms with Gasteiger partial charge in [0.2, 0.25) is 5.89 Å². The Kier molecular flexibility index (Phi) is 5.38. The molecule has 1 amide bonds. The van der Waals surface area contributed by atoms with E-state index < -0.39 is 21.5 Å². The largest absolute Gasteiger partial charge is 0.407 e. The van der Waals surface area contributed by atoms with Crippen molar-refractivity contribution < 1.29 is 17.6 Å². The molecule has 9 heteroatoms. The molecule has 3 rings (SSSR count). The highest BCUT2D eigenvalue weighted by Crippen LogP contribution is 2.18. The standard InChI is InChI=1S/C17H15N3O4S2/c1-25-13-9-7-12(8-10-13)16(21)18-17-20-19-15(24-17)11-26(22,23)14-5-3-2-4-6-14/h2-10H,11H2,1H3,(H,18,20,21). The molecule has 0 unspecified atom stereocenters. The Hall–Kier alpha value is -2.65. The summed E-state index contributed by atoms with van der Waals surface area (Å²) in [6.07, 6.45) is 1.94. The van der Waals surface area contributed by atoms with Crippen LogP contribution in [0.3, 0.4) is 0 Å². The highest BCUT2D eigenvalue weighted by atomic mass is 32.2. The number of nitrogens with zero attached hydrogens (tertiary/aromatic N) is 2. The van der Waals surface area contributed by atoms with Gasteiger partial charge in [0.25, 0.3) is 5.91 Å². The van der Waals surface area contributed by atoms with Crippen molar-refractivity contribution in [2.24, 2.45) is 0 Å². The predicted molar refractivity (Wildman–Crippen MR) is 97.8 cm³/mol. The Balaban J connectivity index is 1.68. The van der Waals surface area contributed by atoms with Crippen LogP contribution in [-0.2, 0) is 15.6 Å². The van der Waals surface area contributed by atoms with Crippen molar-refractivity contribution in [2.75, 3.05) is 11.6 Å². The lowest BCUT2D eigenvalue weighted by atomic mass is 10.2. The van der Waals surface area contributed by atoms with E-state index in [1.165, 1.54) is 12.1 Å². The normalized spacial score (nSPS) is 11.3. The molecule has 0 radical (unpaired) electrons. The van der Waals surface area contributed by atoms with E-state index in [1.54, 1.807) is 42.1 Å². The minimum absolute atomic E-state index is 0.0955. The Labute approximate surface area is 154 Å². The lowest BCUT2D eigenvalue weighted by Crippen LogP contribution is -2.11. The zero-order valence-electron chi connectivity index (χ0n) is 13.7. The molecule has 0 aliphatic carbocycles. The summed E-state index contributed by atoms with van der Waals surface area (Å²) >= 11 is 1.57. The summed E-state index contributed by atoms with van der Waals surface area (Å²) < 4.78 is 29.8. The molecule has 0 spiro atoms. The topological polar surface area (TPSA) is 102 Å². The average molecular weight is 389 g/mol. The van der Waals surface area contributed by atoms with Crippen molar-refractivity contribution >= 4 is 33.5 Å². The van der Waals surface area contributed by atoms with Gasteiger partial charge in [0, 0.05) is 10.5 Å². The Bertz CT molecular complexity index is 1000. The van der Waals surface area contributed by atoms with Gasteiger partial charge in [-0.2, -0.15) is 0 Å². The number of aromatic nitrogens is 2. The smallest absolute Gasteiger partial charge is 0.322 e. The number of hydrogen-bond acceptors (Lipinski definition) is 7. The number of nitrogens with one attached hydrogen (secondary N) is 1. The number of carbonyl (C=O) groups excluding carboxylic acids is 1. The maximum Gasteiger partial charge on any atom is 0.322 e. The van der Waals surface area contributed by atoms with Crippen LogP contribution in [0, 0.1) is 0 Å². The summed E-state index contributed by atoms with van der Waals surface area (Å²) in [4.78, 5) is 13.4. The minimum Gasteiger partial charge on any atom is -0.407 e. The monoisotopic (exact) mass is 389 g/mol. The van der Waals surface area contributed by atoms with Crippen LogP contribution in [0.4, 0.5) is 6.01 Å². The molecule has 0 saturated heterocycles. The van der Waals surface area contributed by atoms with Gasteiger partial charge in [-0.05, 0) is 42.7 Å². The van der Waals surface area contributed by atoms with Crippen LogP contribution in [0.5, 0.6) is 0 Å². The average Bonchev–Trinajstić information content (AvgIpc) is 3.08. The van der Waals surface area contributed by atoms with Gasteiger partial charge in [0.05, 0.1) is 4.90 Å². The van der Waals surface area contributed by atoms with Crippen molar-refractivity contribution in [3.05, 3.63) is 66.1 Å². The van der Waals surface area contributed by atoms with Crippen molar-refractivity contribution in [1.29, 1.82) is 0 Å². The molecule has 0 saturated carbocycles. The van der Waals surface area contributed by atoms with E-state index >= 15 is 0 Å². The van der Waals surface area contributed by atoms with Gasteiger partial charge in [-0.1, -0.05) is 23.3 Å². The molecule has 134 valence electrons. The lowest BCUT2D eigenvalue weighted by Gasteiger charge is -2.02. The molecule has 0 bridgehead atoms. The quantitative estimate of drug-likeness (QED) is 0.647. The summed E-state index contributed by atoms with van der Waals surface area (Å²) in [5.74, 6) is -0.955. The fourth-order valence-corrected chi connectivity index (χ4v) is 3.74. The second-order valence-corrected chi connectivity index (χ2v) is 8.12. The summed E-state index contributed by atoms with van der Waals surface area (Å²) in [7, 11) is -3.60. The predicted octanol–water partition coefficient (Wildman–Crippen LogP) is 3.02. The second kappa shape index (κ2) is 7.71. The number of sulfone groups is 1. The Morgan fingerprint density at radius 3 is 2.42 bits per heavy atom. The zero-order valence-corrected chi connectivity index (χ0v) is 15.4. The van der Waals surface area contributed by atoms with Gasteiger partial charge in [-0.3, -0.25) is 10.1 Å². The van der Waals surface area contributed by atoms with Crippen LogP contribution in [0.1, 0.15) is 16.2 Å². The van der Waals surface area contributed by atoms with Gasteiger partial charge in [-0.25, -0.2) is 8.42 Å². The summed E-state index contributed by atoms with van der Waals surface area (Å²) in [6.45, 7) is 0. The first kappa shape index (κ1) is 18.2. The van der Waals surface area contributed by atoms with Crippen molar-refractivity contribution in [1.82, 2.24) is 10.2 Å². The fourth-order valence-electron chi connectivity index (χ4n) is 2.15. The third-order valence-corrected chi connectivity index (χ3v) is 5.82. The molecule has 3 aromatic rings. The summed E-state index contributed by atoms with van der Waals surface area (Å²) in [5.41, 5.74) is 0.430. The van der Waals surface area contributed by atoms with Gasteiger partial charge in [0.1, 0.15) is 5.75 Å². The first-order chi connectivity index (χ1) is 12.5. The third-order valence-electron chi connectivity index (χ3n) is 3.46. The number of anilines is 1. The van der Waals surface area contributed by atoms with E-state index in [9.17, 15) is 13.2 Å². The minimum atomic E-state index is -3.60. The number of amides is 1. The highest BCUT2D eigenvalue weighted by Gasteiger charge is 2.20. The molecule has 0 fully saturated rings. The SMILES string of the molecule is CSc1ccc(C(=O)Nc2nnc(CS(=O)(=O)c3ccccc3)o2)cc1. The van der Waals surface area contributed by atoms with Crippen LogP contribution >= 0.6 is 11.8 Å². The Morgan fingerprint density at radius 1 is 1.08 bits per heavy atom. The van der Waals surface area contributed by atoms with Crippen LogP contribution in [0.15, 0.2) is 68.8 Å². The highest BCUT2D eigenvalue weighted by molar-refractivity contribution is 7.98. The fraction of sp³-hybridized carbons (Fsp3) is 0.118. The first-order valence-corrected chi connectivity index (χ1v) is 10.4. The summed E-state index contributed by atoms with van der Waals surface area (Å²) in [6, 6.07) is 14.8. The summed E-state index contributed by atoms with van der Waals surface area (Å²) in [5, 5.41) is 9.82. The van der Waals surface area contributed by atoms with Crippen molar-refractivity contribution in [3.63, 3.8) is 0 Å². The first-order valence-electron chi connectivity index (χ1n) is 7.53. The van der Waals surface area contributed by atoms with Crippen molar-refractivity contribution in [3.8, 4) is 0 Å². The number of rotatable bonds is 6. The second-order valence-electron chi connectivity index (χ2n) is 5.26. The van der Waals surface area contributed by atoms with E-state index in [-0.39, 0.29) is 16.8 Å². The van der Waals surface area contributed by atoms with Crippen LogP contribution in [0.2, 0.25) is 0 Å². The van der Waals surface area contributed by atoms with E-state index in [0.29, 0.717) is 5.56 Å². The lowest BCUT2D eigenvalue weighted by molar-refractivity contribution is 0.102. The molecule has 1 heterocycles. The molecular formula is C17H15N3O4S2. The zero-order chi connectivity index (χ0) is 18.6. The van der Waals surface area contributed by atoms with E-state index in [4.69, 9.17) is 4.42 Å². The van der Waals surface area contributed by atoms with Gasteiger partial charge in [-0.15, -0.1) is 16.9 Å². The van der Waals surface area contributed by atoms with Gasteiger partial charge >= 0.3 is 6.01 Å². The van der Waals surface area contributed by atoms with E-state index in [1.807, 2.05) is 18.4 Å². The molecule has 7 nitrogen and oxygen atoms in total. The Morgan fingerprint density at radius 2 is 1.77 bits per heavy atom. The van der Waals surface area contributed by atoms with Crippen molar-refractivity contribution in [2.45, 2.75) is 15.5 Å². The molecule has 1 N–H and O–H groups in total. The van der Waals surface area contributed by atoms with Crippen LogP contribution < -0.4 is 5.32 Å². The molecule has 1 aromatic heterocycles. The van der Waals surface area contributed by atoms with E-state index in [0.717, 1.165) is 4.90 Å². The van der Waals surface area contributed by atoms with Crippen LogP contribution in [0.25, 0.3) is 0 Å².